The molecule has 4 nitrogen and oxygen atoms in total. The van der Waals surface area contributed by atoms with Crippen molar-refractivity contribution >= 4 is 0 Å². The molecule has 3 unspecified atom stereocenters. The molecule has 2 aliphatic heterocycles. The summed E-state index contributed by atoms with van der Waals surface area (Å²) in [4.78, 5) is 2.73. The molecule has 1 aromatic heterocycles. The first-order valence-corrected chi connectivity index (χ1v) is 8.13. The van der Waals surface area contributed by atoms with E-state index in [9.17, 15) is 0 Å². The van der Waals surface area contributed by atoms with Crippen LogP contribution in [0.4, 0.5) is 0 Å². The molecule has 20 heavy (non-hydrogen) atoms. The van der Waals surface area contributed by atoms with Crippen LogP contribution in [0.3, 0.4) is 0 Å². The lowest BCUT2D eigenvalue weighted by atomic mass is 9.89. The zero-order valence-electron chi connectivity index (χ0n) is 13.3. The van der Waals surface area contributed by atoms with Crippen LogP contribution >= 0.6 is 0 Å². The minimum Gasteiger partial charge on any atom is -0.315 e. The lowest BCUT2D eigenvalue weighted by molar-refractivity contribution is 0.0841. The minimum atomic E-state index is 0.489. The highest BCUT2D eigenvalue weighted by atomic mass is 15.3. The van der Waals surface area contributed by atoms with Crippen LogP contribution in [0.1, 0.15) is 49.7 Å². The molecule has 3 heterocycles. The van der Waals surface area contributed by atoms with Gasteiger partial charge in [-0.05, 0) is 59.5 Å². The van der Waals surface area contributed by atoms with Gasteiger partial charge in [-0.25, -0.2) is 0 Å². The number of hydrogen-bond acceptors (Lipinski definition) is 3. The molecule has 0 bridgehead atoms. The normalized spacial score (nSPS) is 28.6. The predicted octanol–water partition coefficient (Wildman–Crippen LogP) is 2.26. The first-order chi connectivity index (χ1) is 9.63. The molecular weight excluding hydrogens is 248 g/mol. The fourth-order valence-electron chi connectivity index (χ4n) is 4.37. The van der Waals surface area contributed by atoms with Crippen molar-refractivity contribution in [3.8, 4) is 0 Å². The van der Waals surface area contributed by atoms with Crippen LogP contribution in [-0.2, 0) is 6.54 Å². The van der Waals surface area contributed by atoms with E-state index in [2.05, 4.69) is 42.6 Å². The quantitative estimate of drug-likeness (QED) is 0.919. The Kier molecular flexibility index (Phi) is 3.87. The van der Waals surface area contributed by atoms with Crippen LogP contribution in [0.15, 0.2) is 0 Å². The Balaban J connectivity index is 1.88. The number of nitrogens with one attached hydrogen (secondary N) is 1. The average molecular weight is 276 g/mol. The van der Waals surface area contributed by atoms with E-state index in [1.807, 2.05) is 0 Å². The van der Waals surface area contributed by atoms with E-state index >= 15 is 0 Å². The third kappa shape index (κ3) is 2.19. The number of piperidine rings is 1. The summed E-state index contributed by atoms with van der Waals surface area (Å²) in [5.74, 6) is 0.855. The molecule has 3 atom stereocenters. The fraction of sp³-hybridized carbons (Fsp3) is 0.812. The molecule has 0 aromatic carbocycles. The number of likely N-dealkylation sites (tertiary alicyclic amines) is 1. The van der Waals surface area contributed by atoms with Gasteiger partial charge in [-0.1, -0.05) is 0 Å². The van der Waals surface area contributed by atoms with Gasteiger partial charge in [0.2, 0.25) is 0 Å². The smallest absolute Gasteiger partial charge is 0.0644 e. The van der Waals surface area contributed by atoms with Crippen LogP contribution in [0, 0.1) is 19.8 Å². The summed E-state index contributed by atoms with van der Waals surface area (Å²) in [5, 5.41) is 8.29. The van der Waals surface area contributed by atoms with Crippen LogP contribution in [0.25, 0.3) is 0 Å². The van der Waals surface area contributed by atoms with Crippen molar-refractivity contribution in [3.05, 3.63) is 17.0 Å². The van der Waals surface area contributed by atoms with Gasteiger partial charge in [-0.15, -0.1) is 0 Å². The van der Waals surface area contributed by atoms with Crippen molar-refractivity contribution in [2.24, 2.45) is 5.92 Å². The third-order valence-corrected chi connectivity index (χ3v) is 5.37. The van der Waals surface area contributed by atoms with Crippen molar-refractivity contribution in [1.29, 1.82) is 0 Å². The largest absolute Gasteiger partial charge is 0.315 e. The maximum absolute atomic E-state index is 4.70. The number of nitrogens with zero attached hydrogens (tertiary/aromatic N) is 3. The van der Waals surface area contributed by atoms with E-state index < -0.39 is 0 Å². The summed E-state index contributed by atoms with van der Waals surface area (Å²) in [6.07, 6.45) is 2.74. The summed E-state index contributed by atoms with van der Waals surface area (Å²) in [6.45, 7) is 13.5. The van der Waals surface area contributed by atoms with E-state index in [4.69, 9.17) is 5.10 Å². The monoisotopic (exact) mass is 276 g/mol. The summed E-state index contributed by atoms with van der Waals surface area (Å²) in [5.41, 5.74) is 4.02. The van der Waals surface area contributed by atoms with Gasteiger partial charge in [0.05, 0.1) is 5.69 Å². The first-order valence-electron chi connectivity index (χ1n) is 8.13. The molecular formula is C16H28N4. The fourth-order valence-corrected chi connectivity index (χ4v) is 4.37. The summed E-state index contributed by atoms with van der Waals surface area (Å²) >= 11 is 0. The molecule has 3 rings (SSSR count). The van der Waals surface area contributed by atoms with Crippen molar-refractivity contribution in [3.63, 3.8) is 0 Å². The van der Waals surface area contributed by atoms with Crippen molar-refractivity contribution in [2.45, 2.75) is 59.2 Å². The van der Waals surface area contributed by atoms with Gasteiger partial charge < -0.3 is 5.32 Å². The predicted molar refractivity (Wildman–Crippen MR) is 81.9 cm³/mol. The van der Waals surface area contributed by atoms with Gasteiger partial charge in [0.1, 0.15) is 0 Å². The number of aromatic nitrogens is 2. The summed E-state index contributed by atoms with van der Waals surface area (Å²) < 4.78 is 2.15. The van der Waals surface area contributed by atoms with Crippen LogP contribution in [0.5, 0.6) is 0 Å². The second-order valence-corrected chi connectivity index (χ2v) is 6.44. The van der Waals surface area contributed by atoms with E-state index in [0.717, 1.165) is 25.0 Å². The average Bonchev–Trinajstić information content (AvgIpc) is 3.02. The van der Waals surface area contributed by atoms with E-state index in [-0.39, 0.29) is 0 Å². The summed E-state index contributed by atoms with van der Waals surface area (Å²) in [7, 11) is 0. The van der Waals surface area contributed by atoms with Gasteiger partial charge in [0, 0.05) is 36.4 Å². The Bertz CT molecular complexity index is 479. The number of fused-ring (bicyclic) bond motifs is 1. The molecule has 1 aromatic rings. The zero-order valence-corrected chi connectivity index (χ0v) is 13.3. The number of hydrogen-bond donors (Lipinski definition) is 1. The molecule has 0 amide bonds. The highest BCUT2D eigenvalue weighted by Gasteiger charge is 2.38. The second-order valence-electron chi connectivity index (χ2n) is 6.44. The van der Waals surface area contributed by atoms with Crippen LogP contribution in [0.2, 0.25) is 0 Å². The Hall–Kier alpha value is -0.870. The van der Waals surface area contributed by atoms with E-state index in [1.54, 1.807) is 0 Å². The molecule has 4 heteroatoms. The standard InChI is InChI=1S/C16H28N4/c1-5-20-13(4)16(11(2)18-20)12(3)19-8-6-7-14-9-17-10-15(14)19/h12,14-15,17H,5-10H2,1-4H3. The molecule has 112 valence electrons. The van der Waals surface area contributed by atoms with Crippen LogP contribution in [-0.4, -0.2) is 40.4 Å². The molecule has 0 radical (unpaired) electrons. The topological polar surface area (TPSA) is 33.1 Å². The van der Waals surface area contributed by atoms with E-state index in [1.165, 1.54) is 42.9 Å². The lowest BCUT2D eigenvalue weighted by Crippen LogP contribution is -2.46. The van der Waals surface area contributed by atoms with Gasteiger partial charge in [0.25, 0.3) is 0 Å². The Morgan fingerprint density at radius 2 is 2.15 bits per heavy atom. The molecule has 1 N–H and O–H groups in total. The van der Waals surface area contributed by atoms with Crippen molar-refractivity contribution < 1.29 is 0 Å². The van der Waals surface area contributed by atoms with E-state index in [0.29, 0.717) is 6.04 Å². The maximum Gasteiger partial charge on any atom is 0.0644 e. The molecule has 2 fully saturated rings. The van der Waals surface area contributed by atoms with Gasteiger partial charge in [0.15, 0.2) is 0 Å². The van der Waals surface area contributed by atoms with Crippen LogP contribution < -0.4 is 5.32 Å². The molecule has 2 aliphatic rings. The van der Waals surface area contributed by atoms with Gasteiger partial charge >= 0.3 is 0 Å². The SMILES string of the molecule is CCn1nc(C)c(C(C)N2CCCC3CNCC32)c1C. The van der Waals surface area contributed by atoms with Gasteiger partial charge in [-0.3, -0.25) is 9.58 Å². The maximum atomic E-state index is 4.70. The van der Waals surface area contributed by atoms with Gasteiger partial charge in [-0.2, -0.15) is 5.10 Å². The number of rotatable bonds is 3. The molecule has 0 saturated carbocycles. The molecule has 2 saturated heterocycles. The van der Waals surface area contributed by atoms with Crippen molar-refractivity contribution in [1.82, 2.24) is 20.0 Å². The lowest BCUT2D eigenvalue weighted by Gasteiger charge is -2.41. The summed E-state index contributed by atoms with van der Waals surface area (Å²) in [6, 6.07) is 1.21. The zero-order chi connectivity index (χ0) is 14.3. The van der Waals surface area contributed by atoms with Crippen molar-refractivity contribution in [2.75, 3.05) is 19.6 Å². The third-order valence-electron chi connectivity index (χ3n) is 5.37. The Morgan fingerprint density at radius 1 is 1.35 bits per heavy atom. The Morgan fingerprint density at radius 3 is 2.85 bits per heavy atom. The highest BCUT2D eigenvalue weighted by molar-refractivity contribution is 5.28. The number of aryl methyl sites for hydroxylation is 2. The molecule has 0 spiro atoms. The Labute approximate surface area is 122 Å². The highest BCUT2D eigenvalue weighted by Crippen LogP contribution is 2.35. The molecule has 0 aliphatic carbocycles. The minimum absolute atomic E-state index is 0.489. The second kappa shape index (κ2) is 5.49. The first kappa shape index (κ1) is 14.1.